The highest BCUT2D eigenvalue weighted by Crippen LogP contribution is 2.42. The minimum absolute atomic E-state index is 0.00714. The average molecular weight is 900 g/mol. The van der Waals surface area contributed by atoms with E-state index in [1.165, 1.54) is 66.2 Å². The van der Waals surface area contributed by atoms with E-state index in [0.29, 0.717) is 0 Å². The summed E-state index contributed by atoms with van der Waals surface area (Å²) in [4.78, 5) is 70.8. The van der Waals surface area contributed by atoms with Crippen LogP contribution in [0.15, 0.2) is 62.3 Å². The van der Waals surface area contributed by atoms with Crippen molar-refractivity contribution < 1.29 is 57.8 Å². The lowest BCUT2D eigenvalue weighted by Crippen LogP contribution is -2.43. The van der Waals surface area contributed by atoms with Crippen molar-refractivity contribution in [3.8, 4) is 17.2 Å². The molecule has 1 aromatic heterocycles. The quantitative estimate of drug-likeness (QED) is 0.0709. The number of carbonyl (C=O) groups is 3. The first kappa shape index (κ1) is 48.0. The first-order valence-corrected chi connectivity index (χ1v) is 21.4. The zero-order valence-corrected chi connectivity index (χ0v) is 38.4. The van der Waals surface area contributed by atoms with Crippen LogP contribution in [0.3, 0.4) is 0 Å². The van der Waals surface area contributed by atoms with Crippen LogP contribution in [-0.2, 0) is 28.6 Å². The fourth-order valence-corrected chi connectivity index (χ4v) is 8.56. The third-order valence-electron chi connectivity index (χ3n) is 12.7. The molecule has 0 saturated carbocycles. The van der Waals surface area contributed by atoms with Crippen molar-refractivity contribution in [3.05, 3.63) is 79.5 Å². The highest BCUT2D eigenvalue weighted by molar-refractivity contribution is 6.16. The minimum atomic E-state index is -1.97. The van der Waals surface area contributed by atoms with E-state index in [1.807, 2.05) is 34.6 Å². The molecule has 17 heteroatoms. The highest BCUT2D eigenvalue weighted by Gasteiger charge is 2.44. The molecule has 9 atom stereocenters. The number of aromatic hydroxyl groups is 1. The van der Waals surface area contributed by atoms with Gasteiger partial charge in [0.1, 0.15) is 41.2 Å². The van der Waals surface area contributed by atoms with Crippen molar-refractivity contribution in [2.75, 3.05) is 25.6 Å². The van der Waals surface area contributed by atoms with Gasteiger partial charge in [-0.2, -0.15) is 0 Å². The number of aliphatic hydroxyl groups is 2. The van der Waals surface area contributed by atoms with Gasteiger partial charge in [-0.05, 0) is 37.7 Å². The molecule has 2 amide bonds. The van der Waals surface area contributed by atoms with Crippen molar-refractivity contribution in [3.63, 3.8) is 0 Å². The number of nitrogens with zero attached hydrogens (tertiary/aromatic N) is 1. The fraction of sp³-hybridized carbons (Fsp3) is 0.458. The van der Waals surface area contributed by atoms with E-state index in [9.17, 15) is 39.3 Å². The Morgan fingerprint density at radius 1 is 0.954 bits per heavy atom. The molecule has 2 aliphatic rings. The number of methoxy groups -OCH3 is 1. The lowest BCUT2D eigenvalue weighted by Gasteiger charge is -2.39. The van der Waals surface area contributed by atoms with Gasteiger partial charge in [0.15, 0.2) is 22.4 Å². The second kappa shape index (κ2) is 18.9. The lowest BCUT2D eigenvalue weighted by atomic mass is 9.73. The number of carbonyl (C=O) groups excluding carboxylic acids is 3. The molecule has 0 aliphatic carbocycles. The maximum absolute atomic E-state index is 14.7. The molecule has 3 heterocycles. The molecule has 2 aliphatic heterocycles. The summed E-state index contributed by atoms with van der Waals surface area (Å²) in [5.74, 6) is -6.12. The lowest BCUT2D eigenvalue weighted by molar-refractivity contribution is -0.157. The maximum atomic E-state index is 14.7. The first-order valence-electron chi connectivity index (χ1n) is 21.4. The van der Waals surface area contributed by atoms with Crippen LogP contribution in [0.5, 0.6) is 17.2 Å². The van der Waals surface area contributed by atoms with Crippen LogP contribution in [0.4, 0.5) is 5.69 Å². The van der Waals surface area contributed by atoms with Crippen molar-refractivity contribution in [2.24, 2.45) is 29.6 Å². The van der Waals surface area contributed by atoms with Crippen LogP contribution in [0.25, 0.3) is 38.7 Å². The van der Waals surface area contributed by atoms with Gasteiger partial charge in [-0.15, -0.1) is 0 Å². The van der Waals surface area contributed by atoms with Crippen LogP contribution in [0.1, 0.15) is 67.9 Å². The Morgan fingerprint density at radius 3 is 2.32 bits per heavy atom. The van der Waals surface area contributed by atoms with Crippen molar-refractivity contribution in [1.82, 2.24) is 10.3 Å². The zero-order valence-electron chi connectivity index (χ0n) is 38.4. The number of allylic oxidation sites excluding steroid dienone is 2. The molecule has 0 saturated heterocycles. The topological polar surface area (TPSA) is 242 Å². The Morgan fingerprint density at radius 2 is 1.66 bits per heavy atom. The van der Waals surface area contributed by atoms with Crippen LogP contribution in [0, 0.1) is 36.5 Å². The Kier molecular flexibility index (Phi) is 14.0. The number of aliphatic hydroxyl groups excluding tert-OH is 2. The molecule has 0 spiro atoms. The molecule has 65 heavy (non-hydrogen) atoms. The van der Waals surface area contributed by atoms with Gasteiger partial charge in [-0.3, -0.25) is 24.0 Å². The fourth-order valence-electron chi connectivity index (χ4n) is 8.56. The molecular weight excluding hydrogens is 843 g/mol. The monoisotopic (exact) mass is 899 g/mol. The van der Waals surface area contributed by atoms with E-state index < -0.39 is 69.9 Å². The summed E-state index contributed by atoms with van der Waals surface area (Å²) in [6.45, 7) is 16.8. The highest BCUT2D eigenvalue weighted by atomic mass is 16.7. The Labute approximate surface area is 374 Å². The molecule has 0 unspecified atom stereocenters. The second-order valence-corrected chi connectivity index (χ2v) is 17.2. The number of esters is 1. The van der Waals surface area contributed by atoms with Crippen LogP contribution < -0.4 is 36.2 Å². The zero-order chi connectivity index (χ0) is 47.8. The van der Waals surface area contributed by atoms with Gasteiger partial charge in [-0.1, -0.05) is 52.8 Å². The Bertz CT molecular complexity index is 2830. The number of phenolic OH excluding ortho intramolecular Hbond substituents is 1. The molecule has 6 rings (SSSR count). The number of aromatic nitrogens is 1. The van der Waals surface area contributed by atoms with Crippen molar-refractivity contribution in [2.45, 2.75) is 93.3 Å². The third-order valence-corrected chi connectivity index (χ3v) is 12.7. The molecule has 0 fully saturated rings. The molecular formula is C48H57N3O14. The van der Waals surface area contributed by atoms with Gasteiger partial charge in [0, 0.05) is 68.4 Å². The van der Waals surface area contributed by atoms with E-state index >= 15 is 0 Å². The summed E-state index contributed by atoms with van der Waals surface area (Å²) in [6, 6.07) is 2.54. The number of ether oxygens (including phenoxy) is 5. The summed E-state index contributed by atoms with van der Waals surface area (Å²) in [6.07, 6.45) is 5.49. The number of amides is 2. The summed E-state index contributed by atoms with van der Waals surface area (Å²) >= 11 is 0. The number of hydrogen-bond donors (Lipinski definition) is 5. The standard InChI is InChI=1S/C48H57N3O14/c1-21-13-12-14-22(2)47(59)51-39-42(57)35-34(38-45(39)64-33-20-30(19-31(54)37(33)50-38)61-18-16-49-28(8)52)36-44(27(7)41(35)56)65-48(10,46(36)58)62-17-15-32(60-11)26(6)43(63-29(9)53)25(5)23(3)24(4)40(21)55/h12-15,17,19-21,23-26,32,40,43,55-56,58H,16,18H2,1-11H3,(H,49,52)(H,51,59)/b13-12+,17-15+,22-14-/t21-,23+,24-,25+,26+,32-,40-,43-,48-/m0/s1. The number of anilines is 1. The second-order valence-electron chi connectivity index (χ2n) is 17.2. The van der Waals surface area contributed by atoms with Crippen LogP contribution in [-0.4, -0.2) is 82.4 Å². The van der Waals surface area contributed by atoms with E-state index in [-0.39, 0.29) is 104 Å². The van der Waals surface area contributed by atoms with Crippen LogP contribution >= 0.6 is 0 Å². The Balaban J connectivity index is 1.62. The predicted octanol–water partition coefficient (Wildman–Crippen LogP) is 5.35. The summed E-state index contributed by atoms with van der Waals surface area (Å²) in [5, 5.41) is 40.1. The van der Waals surface area contributed by atoms with Crippen LogP contribution in [0.2, 0.25) is 0 Å². The summed E-state index contributed by atoms with van der Waals surface area (Å²) in [5.41, 5.74) is -2.64. The van der Waals surface area contributed by atoms with Gasteiger partial charge < -0.3 is 54.1 Å². The van der Waals surface area contributed by atoms with Gasteiger partial charge >= 0.3 is 11.8 Å². The average Bonchev–Trinajstić information content (AvgIpc) is 3.52. The van der Waals surface area contributed by atoms with Gasteiger partial charge in [0.2, 0.25) is 16.8 Å². The molecule has 3 aromatic carbocycles. The largest absolute Gasteiger partial charge is 0.507 e. The number of benzene rings is 3. The van der Waals surface area contributed by atoms with Crippen molar-refractivity contribution in [1.29, 1.82) is 0 Å². The number of phenols is 1. The number of fused-ring (bicyclic) bond motifs is 2. The van der Waals surface area contributed by atoms with E-state index in [2.05, 4.69) is 15.6 Å². The smallest absolute Gasteiger partial charge is 0.307 e. The third kappa shape index (κ3) is 9.25. The molecule has 5 N–H and O–H groups in total. The molecule has 4 aromatic rings. The van der Waals surface area contributed by atoms with Gasteiger partial charge in [0.05, 0.1) is 35.6 Å². The predicted molar refractivity (Wildman–Crippen MR) is 242 cm³/mol. The minimum Gasteiger partial charge on any atom is -0.507 e. The number of rotatable bonds is 6. The SMILES string of the molecule is CO[C@H]1/C=C/O[C@@]2(C)Oc3c(C)c(O)c4c(=O)c(c5oc6cc(OCCNC(C)=O)cc(=O)c6nc5c4c3=C2O)NC(=O)/C(C)=C\C=C\[C@H](C)[C@H](O)[C@@H](C)[C@@H](C)[C@@H](C)[C@H](OC(C)=O)[C@@H]1C. The molecule has 348 valence electrons. The summed E-state index contributed by atoms with van der Waals surface area (Å²) in [7, 11) is 1.49. The van der Waals surface area contributed by atoms with Gasteiger partial charge in [-0.25, -0.2) is 4.98 Å². The molecule has 0 radical (unpaired) electrons. The molecule has 4 bridgehead atoms. The maximum Gasteiger partial charge on any atom is 0.307 e. The molecule has 17 nitrogen and oxygen atoms in total. The first-order chi connectivity index (χ1) is 30.6. The Hall–Kier alpha value is -6.46. The number of nitrogens with one attached hydrogen (secondary N) is 2. The van der Waals surface area contributed by atoms with E-state index in [1.54, 1.807) is 18.2 Å². The van der Waals surface area contributed by atoms with Gasteiger partial charge in [0.25, 0.3) is 5.91 Å². The number of hydrogen-bond acceptors (Lipinski definition) is 15. The van der Waals surface area contributed by atoms with E-state index in [4.69, 9.17) is 28.1 Å². The van der Waals surface area contributed by atoms with E-state index in [0.717, 1.165) is 0 Å². The van der Waals surface area contributed by atoms with Crippen molar-refractivity contribution >= 4 is 62.2 Å². The summed E-state index contributed by atoms with van der Waals surface area (Å²) < 4.78 is 36.2. The normalized spacial score (nSPS) is 28.3.